The second kappa shape index (κ2) is 10.9. The van der Waals surface area contributed by atoms with E-state index in [-0.39, 0.29) is 5.91 Å². The van der Waals surface area contributed by atoms with Gasteiger partial charge in [-0.1, -0.05) is 29.8 Å². The molecule has 5 rings (SSSR count). The maximum Gasteiger partial charge on any atom is 0.255 e. The van der Waals surface area contributed by atoms with E-state index in [1.54, 1.807) is 43.2 Å². The van der Waals surface area contributed by atoms with Gasteiger partial charge in [0.1, 0.15) is 24.7 Å². The Balaban J connectivity index is 1.45. The summed E-state index contributed by atoms with van der Waals surface area (Å²) in [5.41, 5.74) is 3.57. The molecular weight excluding hydrogens is 506 g/mol. The average molecular weight is 532 g/mol. The molecule has 38 heavy (non-hydrogen) atoms. The second-order valence-electron chi connectivity index (χ2n) is 8.60. The molecule has 0 radical (unpaired) electrons. The number of hydrogen-bond donors (Lipinski definition) is 2. The van der Waals surface area contributed by atoms with Crippen LogP contribution in [0.15, 0.2) is 84.3 Å². The van der Waals surface area contributed by atoms with Crippen LogP contribution in [0.4, 0.5) is 11.6 Å². The van der Waals surface area contributed by atoms with Gasteiger partial charge in [-0.2, -0.15) is 10.1 Å². The van der Waals surface area contributed by atoms with E-state index in [0.29, 0.717) is 51.8 Å². The number of anilines is 2. The SMILES string of the molecule is COc1ccc(NC(=O)C2=C(C)Nc3ncnn3[C@H]2c2ccc(OCc3ccc(Cl)cc3)c(OC)c2)cc1. The molecule has 2 heterocycles. The minimum atomic E-state index is -0.550. The zero-order valence-electron chi connectivity index (χ0n) is 21.1. The van der Waals surface area contributed by atoms with Crippen LogP contribution >= 0.6 is 11.6 Å². The highest BCUT2D eigenvalue weighted by molar-refractivity contribution is 6.30. The van der Waals surface area contributed by atoms with E-state index in [9.17, 15) is 4.79 Å². The third-order valence-electron chi connectivity index (χ3n) is 6.20. The first-order valence-electron chi connectivity index (χ1n) is 11.8. The molecule has 0 spiro atoms. The van der Waals surface area contributed by atoms with Crippen molar-refractivity contribution in [1.29, 1.82) is 0 Å². The molecule has 194 valence electrons. The van der Waals surface area contributed by atoms with Crippen molar-refractivity contribution in [2.75, 3.05) is 24.9 Å². The van der Waals surface area contributed by atoms with Gasteiger partial charge in [-0.3, -0.25) is 4.79 Å². The van der Waals surface area contributed by atoms with Crippen LogP contribution in [0.1, 0.15) is 24.1 Å². The fraction of sp³-hybridized carbons (Fsp3) is 0.179. The number of aromatic nitrogens is 3. The zero-order chi connectivity index (χ0) is 26.6. The van der Waals surface area contributed by atoms with Crippen LogP contribution in [-0.2, 0) is 11.4 Å². The molecule has 1 aliphatic rings. The van der Waals surface area contributed by atoms with Crippen LogP contribution in [0.25, 0.3) is 0 Å². The van der Waals surface area contributed by atoms with E-state index in [0.717, 1.165) is 11.1 Å². The molecule has 0 aliphatic carbocycles. The highest BCUT2D eigenvalue weighted by Gasteiger charge is 2.34. The van der Waals surface area contributed by atoms with Gasteiger partial charge in [0.25, 0.3) is 5.91 Å². The Labute approximate surface area is 225 Å². The highest BCUT2D eigenvalue weighted by atomic mass is 35.5. The number of nitrogens with one attached hydrogen (secondary N) is 2. The fourth-order valence-electron chi connectivity index (χ4n) is 4.28. The minimum Gasteiger partial charge on any atom is -0.497 e. The van der Waals surface area contributed by atoms with Gasteiger partial charge in [-0.15, -0.1) is 0 Å². The number of benzene rings is 3. The van der Waals surface area contributed by atoms with Crippen molar-refractivity contribution in [3.05, 3.63) is 100 Å². The number of fused-ring (bicyclic) bond motifs is 1. The summed E-state index contributed by atoms with van der Waals surface area (Å²) in [7, 11) is 3.17. The Morgan fingerprint density at radius 3 is 2.50 bits per heavy atom. The third kappa shape index (κ3) is 5.14. The molecular formula is C28H26ClN5O4. The maximum atomic E-state index is 13.6. The Hall–Kier alpha value is -4.50. The lowest BCUT2D eigenvalue weighted by Crippen LogP contribution is -2.31. The smallest absolute Gasteiger partial charge is 0.255 e. The van der Waals surface area contributed by atoms with Crippen molar-refractivity contribution >= 4 is 29.1 Å². The molecule has 1 aliphatic heterocycles. The van der Waals surface area contributed by atoms with Crippen LogP contribution in [0, 0.1) is 0 Å². The van der Waals surface area contributed by atoms with Crippen LogP contribution in [0.2, 0.25) is 5.02 Å². The monoisotopic (exact) mass is 531 g/mol. The number of carbonyl (C=O) groups is 1. The van der Waals surface area contributed by atoms with Crippen molar-refractivity contribution in [1.82, 2.24) is 14.8 Å². The van der Waals surface area contributed by atoms with Crippen molar-refractivity contribution in [2.24, 2.45) is 0 Å². The number of carbonyl (C=O) groups excluding carboxylic acids is 1. The number of ether oxygens (including phenoxy) is 3. The van der Waals surface area contributed by atoms with Gasteiger partial charge in [-0.25, -0.2) is 4.68 Å². The van der Waals surface area contributed by atoms with Gasteiger partial charge >= 0.3 is 0 Å². The molecule has 0 unspecified atom stereocenters. The second-order valence-corrected chi connectivity index (χ2v) is 9.04. The summed E-state index contributed by atoms with van der Waals surface area (Å²) in [6, 6.07) is 19.6. The largest absolute Gasteiger partial charge is 0.497 e. The number of halogens is 1. The van der Waals surface area contributed by atoms with E-state index in [2.05, 4.69) is 20.7 Å². The summed E-state index contributed by atoms with van der Waals surface area (Å²) >= 11 is 5.98. The van der Waals surface area contributed by atoms with Gasteiger partial charge < -0.3 is 24.8 Å². The summed E-state index contributed by atoms with van der Waals surface area (Å²) in [6.45, 7) is 2.19. The molecule has 0 saturated heterocycles. The predicted molar refractivity (Wildman–Crippen MR) is 145 cm³/mol. The average Bonchev–Trinajstić information content (AvgIpc) is 3.40. The fourth-order valence-corrected chi connectivity index (χ4v) is 4.41. The van der Waals surface area contributed by atoms with E-state index >= 15 is 0 Å². The molecule has 0 fully saturated rings. The summed E-state index contributed by atoms with van der Waals surface area (Å²) in [5.74, 6) is 2.07. The maximum absolute atomic E-state index is 13.6. The topological polar surface area (TPSA) is 99.5 Å². The molecule has 9 nitrogen and oxygen atoms in total. The molecule has 4 aromatic rings. The first kappa shape index (κ1) is 25.2. The van der Waals surface area contributed by atoms with Gasteiger partial charge in [0.15, 0.2) is 11.5 Å². The Morgan fingerprint density at radius 2 is 1.79 bits per heavy atom. The van der Waals surface area contributed by atoms with Crippen LogP contribution in [0.5, 0.6) is 17.2 Å². The number of amides is 1. The molecule has 2 N–H and O–H groups in total. The summed E-state index contributed by atoms with van der Waals surface area (Å²) in [6.07, 6.45) is 1.45. The van der Waals surface area contributed by atoms with Crippen molar-refractivity contribution in [3.8, 4) is 17.2 Å². The molecule has 1 amide bonds. The van der Waals surface area contributed by atoms with E-state index in [4.69, 9.17) is 25.8 Å². The van der Waals surface area contributed by atoms with Gasteiger partial charge in [0.2, 0.25) is 5.95 Å². The van der Waals surface area contributed by atoms with Gasteiger partial charge in [-0.05, 0) is 66.6 Å². The number of rotatable bonds is 8. The van der Waals surface area contributed by atoms with Crippen LogP contribution in [0.3, 0.4) is 0 Å². The summed E-state index contributed by atoms with van der Waals surface area (Å²) < 4.78 is 18.6. The summed E-state index contributed by atoms with van der Waals surface area (Å²) in [5, 5.41) is 11.2. The van der Waals surface area contributed by atoms with Crippen LogP contribution in [-0.4, -0.2) is 34.9 Å². The van der Waals surface area contributed by atoms with Crippen molar-refractivity contribution in [2.45, 2.75) is 19.6 Å². The standard InChI is InChI=1S/C28H26ClN5O4/c1-17-25(27(35)33-21-9-11-22(36-2)12-10-21)26(34-28(32-17)30-16-31-34)19-6-13-23(24(14-19)37-3)38-15-18-4-7-20(29)8-5-18/h4-14,16,26H,15H2,1-3H3,(H,33,35)(H,30,31,32)/t26-/m0/s1. The molecule has 0 saturated carbocycles. The lowest BCUT2D eigenvalue weighted by atomic mass is 9.94. The quantitative estimate of drug-likeness (QED) is 0.311. The lowest BCUT2D eigenvalue weighted by molar-refractivity contribution is -0.113. The Morgan fingerprint density at radius 1 is 1.03 bits per heavy atom. The number of nitrogens with zero attached hydrogens (tertiary/aromatic N) is 3. The number of hydrogen-bond acceptors (Lipinski definition) is 7. The van der Waals surface area contributed by atoms with Gasteiger partial charge in [0.05, 0.1) is 19.8 Å². The predicted octanol–water partition coefficient (Wildman–Crippen LogP) is 5.46. The minimum absolute atomic E-state index is 0.270. The zero-order valence-corrected chi connectivity index (χ0v) is 21.8. The van der Waals surface area contributed by atoms with E-state index in [1.165, 1.54) is 6.33 Å². The Kier molecular flexibility index (Phi) is 7.19. The Bertz CT molecular complexity index is 1480. The first-order chi connectivity index (χ1) is 18.5. The van der Waals surface area contributed by atoms with Crippen molar-refractivity contribution < 1.29 is 19.0 Å². The molecule has 1 aromatic heterocycles. The van der Waals surface area contributed by atoms with Gasteiger partial charge in [0, 0.05) is 16.4 Å². The van der Waals surface area contributed by atoms with E-state index < -0.39 is 6.04 Å². The molecule has 1 atom stereocenters. The molecule has 0 bridgehead atoms. The lowest BCUT2D eigenvalue weighted by Gasteiger charge is -2.29. The van der Waals surface area contributed by atoms with Crippen LogP contribution < -0.4 is 24.8 Å². The number of allylic oxidation sites excluding steroid dienone is 1. The third-order valence-corrected chi connectivity index (χ3v) is 6.45. The first-order valence-corrected chi connectivity index (χ1v) is 12.2. The highest BCUT2D eigenvalue weighted by Crippen LogP contribution is 2.39. The molecule has 10 heteroatoms. The normalized spacial score (nSPS) is 14.4. The number of methoxy groups -OCH3 is 2. The van der Waals surface area contributed by atoms with E-state index in [1.807, 2.05) is 49.4 Å². The molecule has 3 aromatic carbocycles. The summed E-state index contributed by atoms with van der Waals surface area (Å²) in [4.78, 5) is 17.9. The van der Waals surface area contributed by atoms with Crippen molar-refractivity contribution in [3.63, 3.8) is 0 Å².